The van der Waals surface area contributed by atoms with E-state index in [1.54, 1.807) is 13.1 Å². The number of nitrogens with one attached hydrogen (secondary N) is 3. The first-order chi connectivity index (χ1) is 21.5. The Kier molecular flexibility index (Phi) is 8.53. The van der Waals surface area contributed by atoms with E-state index in [0.29, 0.717) is 22.0 Å². The lowest BCUT2D eigenvalue weighted by molar-refractivity contribution is -0.154. The van der Waals surface area contributed by atoms with E-state index in [-0.39, 0.29) is 40.3 Å². The molecular weight excluding hydrogens is 637 g/mol. The van der Waals surface area contributed by atoms with Gasteiger partial charge in [0.2, 0.25) is 12.4 Å². The van der Waals surface area contributed by atoms with Crippen molar-refractivity contribution < 1.29 is 18.0 Å². The number of anilines is 3. The number of nitriles is 1. The zero-order valence-corrected chi connectivity index (χ0v) is 27.5. The van der Waals surface area contributed by atoms with Crippen LogP contribution in [0.15, 0.2) is 18.2 Å². The number of amides is 1. The Hall–Kier alpha value is -3.34. The molecule has 0 radical (unpaired) electrons. The molecule has 1 unspecified atom stereocenters. The molecule has 246 valence electrons. The summed E-state index contributed by atoms with van der Waals surface area (Å²) in [5.74, 6) is 0.961. The molecule has 1 aromatic carbocycles. The highest BCUT2D eigenvalue weighted by atomic mass is 35.5. The number of nitrogens with zero attached hydrogens (tertiary/aromatic N) is 5. The number of alkyl halides is 3. The maximum atomic E-state index is 13.0. The zero-order valence-electron chi connectivity index (χ0n) is 25.8. The maximum absolute atomic E-state index is 13.0. The Morgan fingerprint density at radius 3 is 2.59 bits per heavy atom. The minimum atomic E-state index is -4.27. The predicted octanol–water partition coefficient (Wildman–Crippen LogP) is 5.57. The lowest BCUT2D eigenvalue weighted by atomic mass is 9.39. The molecule has 1 amide bonds. The molecular formula is C32H38ClF3N8OS. The molecule has 1 atom stereocenters. The van der Waals surface area contributed by atoms with Crippen LogP contribution < -0.4 is 20.9 Å². The van der Waals surface area contributed by atoms with E-state index in [9.17, 15) is 23.2 Å². The maximum Gasteiger partial charge on any atom is 0.393 e. The highest BCUT2D eigenvalue weighted by molar-refractivity contribution is 7.18. The molecule has 5 aliphatic rings. The molecule has 2 aromatic heterocycles. The molecule has 2 aliphatic heterocycles. The summed E-state index contributed by atoms with van der Waals surface area (Å²) in [5, 5.41) is 20.1. The lowest BCUT2D eigenvalue weighted by Crippen LogP contribution is -2.76. The molecule has 3 saturated carbocycles. The first-order valence-electron chi connectivity index (χ1n) is 15.5. The number of benzene rings is 1. The van der Waals surface area contributed by atoms with Crippen LogP contribution >= 0.6 is 23.7 Å². The molecule has 3 aliphatic carbocycles. The number of carbonyl (C=O) groups excluding carboxylic acids is 1. The number of carbonyl (C=O) groups is 1. The van der Waals surface area contributed by atoms with Crippen molar-refractivity contribution >= 4 is 57.8 Å². The molecule has 14 heteroatoms. The van der Waals surface area contributed by atoms with Crippen LogP contribution in [0, 0.1) is 23.7 Å². The molecule has 4 fully saturated rings. The third-order valence-corrected chi connectivity index (χ3v) is 11.3. The number of fused-ring (bicyclic) bond motifs is 2. The van der Waals surface area contributed by atoms with Crippen LogP contribution in [0.2, 0.25) is 0 Å². The number of hydrogen-bond acceptors (Lipinski definition) is 9. The number of piperidine rings is 1. The number of hydrogen-bond donors (Lipinski definition) is 3. The molecule has 3 aromatic rings. The van der Waals surface area contributed by atoms with Gasteiger partial charge in [0.1, 0.15) is 16.7 Å². The summed E-state index contributed by atoms with van der Waals surface area (Å²) in [6.07, 6.45) is 1.06. The Bertz CT molecular complexity index is 1660. The smallest absolute Gasteiger partial charge is 0.367 e. The van der Waals surface area contributed by atoms with Crippen LogP contribution in [0.25, 0.3) is 10.2 Å². The van der Waals surface area contributed by atoms with Gasteiger partial charge in [-0.15, -0.1) is 23.7 Å². The first kappa shape index (κ1) is 32.6. The van der Waals surface area contributed by atoms with E-state index >= 15 is 0 Å². The second-order valence-electron chi connectivity index (χ2n) is 13.5. The summed E-state index contributed by atoms with van der Waals surface area (Å²) >= 11 is 1.06. The van der Waals surface area contributed by atoms with Gasteiger partial charge in [-0.05, 0) is 73.3 Å². The van der Waals surface area contributed by atoms with Gasteiger partial charge < -0.3 is 20.9 Å². The normalized spacial score (nSPS) is 25.6. The van der Waals surface area contributed by atoms with Crippen LogP contribution in [0.5, 0.6) is 0 Å². The van der Waals surface area contributed by atoms with E-state index in [1.807, 2.05) is 0 Å². The fraction of sp³-hybridized carbons (Fsp3) is 0.562. The van der Waals surface area contributed by atoms with Gasteiger partial charge in [-0.25, -0.2) is 4.98 Å². The third-order valence-electron chi connectivity index (χ3n) is 10.3. The van der Waals surface area contributed by atoms with Crippen molar-refractivity contribution in [2.75, 3.05) is 42.2 Å². The SMILES string of the molecule is CNc1nc(NC2CCN(Cc3ccc4c(c3C)CC(C#N)N4CC34CC(NC=O)(C3)C4)CC2)c2cc(CC(F)(F)F)sc2n1.Cl. The number of aromatic nitrogens is 2. The summed E-state index contributed by atoms with van der Waals surface area (Å²) in [6.45, 7) is 5.65. The first-order valence-corrected chi connectivity index (χ1v) is 16.4. The number of rotatable bonds is 10. The van der Waals surface area contributed by atoms with Crippen LogP contribution in [-0.4, -0.2) is 71.8 Å². The van der Waals surface area contributed by atoms with Gasteiger partial charge >= 0.3 is 6.18 Å². The second kappa shape index (κ2) is 12.0. The van der Waals surface area contributed by atoms with Crippen LogP contribution in [0.4, 0.5) is 30.6 Å². The summed E-state index contributed by atoms with van der Waals surface area (Å²) in [7, 11) is 1.70. The number of halogens is 4. The third kappa shape index (κ3) is 5.95. The molecule has 8 rings (SSSR count). The van der Waals surface area contributed by atoms with Crippen molar-refractivity contribution in [3.63, 3.8) is 0 Å². The highest BCUT2D eigenvalue weighted by Crippen LogP contribution is 2.67. The molecule has 2 bridgehead atoms. The Morgan fingerprint density at radius 2 is 1.93 bits per heavy atom. The largest absolute Gasteiger partial charge is 0.393 e. The van der Waals surface area contributed by atoms with Gasteiger partial charge in [-0.2, -0.15) is 23.4 Å². The van der Waals surface area contributed by atoms with Crippen molar-refractivity contribution in [1.82, 2.24) is 20.2 Å². The standard InChI is InChI=1S/C32H37F3N8OS.ClH/c1-19-20(3-4-26-24(19)9-22(12-36)43(26)17-30-14-31(15-30,16-30)38-18-44)13-42-7-5-21(6-8-42)39-27-25-10-23(11-32(33,34)35)45-28(25)41-29(37-2)40-27;/h3-4,10,18,21-22H,5-9,11,13-17H2,1-2H3,(H,38,44)(H2,37,39,40,41);1H. The summed E-state index contributed by atoms with van der Waals surface area (Å²) in [5.41, 5.74) is 5.20. The Balaban J connectivity index is 0.00000372. The van der Waals surface area contributed by atoms with E-state index in [0.717, 1.165) is 82.5 Å². The van der Waals surface area contributed by atoms with Gasteiger partial charge in [-0.1, -0.05) is 6.07 Å². The summed E-state index contributed by atoms with van der Waals surface area (Å²) < 4.78 is 39.1. The Labute approximate surface area is 276 Å². The van der Waals surface area contributed by atoms with Gasteiger partial charge in [0.25, 0.3) is 0 Å². The fourth-order valence-electron chi connectivity index (χ4n) is 8.22. The monoisotopic (exact) mass is 674 g/mol. The molecule has 1 saturated heterocycles. The highest BCUT2D eigenvalue weighted by Gasteiger charge is 2.68. The van der Waals surface area contributed by atoms with Crippen molar-refractivity contribution in [1.29, 1.82) is 5.26 Å². The minimum Gasteiger partial charge on any atom is -0.367 e. The van der Waals surface area contributed by atoms with Gasteiger partial charge in [0.05, 0.1) is 17.9 Å². The summed E-state index contributed by atoms with van der Waals surface area (Å²) in [6, 6.07) is 8.51. The lowest BCUT2D eigenvalue weighted by Gasteiger charge is -2.71. The Morgan fingerprint density at radius 1 is 1.20 bits per heavy atom. The van der Waals surface area contributed by atoms with Crippen LogP contribution in [0.1, 0.15) is 53.7 Å². The predicted molar refractivity (Wildman–Crippen MR) is 176 cm³/mol. The minimum absolute atomic E-state index is 0. The zero-order chi connectivity index (χ0) is 31.6. The average molecular weight is 675 g/mol. The molecule has 0 spiro atoms. The van der Waals surface area contributed by atoms with Gasteiger partial charge in [0, 0.05) is 61.8 Å². The quantitative estimate of drug-likeness (QED) is 0.240. The van der Waals surface area contributed by atoms with Crippen molar-refractivity contribution in [3.05, 3.63) is 39.8 Å². The van der Waals surface area contributed by atoms with E-state index in [2.05, 4.69) is 60.8 Å². The second-order valence-corrected chi connectivity index (χ2v) is 14.6. The topological polar surface area (TPSA) is 109 Å². The average Bonchev–Trinajstić information content (AvgIpc) is 3.53. The molecule has 9 nitrogen and oxygen atoms in total. The fourth-order valence-corrected chi connectivity index (χ4v) is 9.28. The van der Waals surface area contributed by atoms with Crippen molar-refractivity contribution in [2.24, 2.45) is 5.41 Å². The van der Waals surface area contributed by atoms with E-state index < -0.39 is 12.6 Å². The number of likely N-dealkylation sites (tertiary alicyclic amines) is 1. The van der Waals surface area contributed by atoms with Crippen LogP contribution in [-0.2, 0) is 24.2 Å². The van der Waals surface area contributed by atoms with E-state index in [1.165, 1.54) is 22.4 Å². The molecule has 4 heterocycles. The van der Waals surface area contributed by atoms with Crippen molar-refractivity contribution in [2.45, 2.75) is 82.2 Å². The molecule has 46 heavy (non-hydrogen) atoms. The van der Waals surface area contributed by atoms with Gasteiger partial charge in [-0.3, -0.25) is 9.69 Å². The van der Waals surface area contributed by atoms with Crippen LogP contribution in [0.3, 0.4) is 0 Å². The summed E-state index contributed by atoms with van der Waals surface area (Å²) in [4.78, 5) is 25.4. The number of thiophene rings is 1. The molecule has 3 N–H and O–H groups in total. The van der Waals surface area contributed by atoms with Gasteiger partial charge in [0.15, 0.2) is 0 Å². The van der Waals surface area contributed by atoms with E-state index in [4.69, 9.17) is 0 Å². The van der Waals surface area contributed by atoms with Crippen molar-refractivity contribution in [3.8, 4) is 6.07 Å².